The molecule has 1 N–H and O–H groups in total. The van der Waals surface area contributed by atoms with Gasteiger partial charge in [0.1, 0.15) is 5.75 Å². The lowest BCUT2D eigenvalue weighted by molar-refractivity contribution is 0.330. The molecular formula is C19H24NO2PS. The maximum atomic E-state index is 6.17. The third-order valence-electron chi connectivity index (χ3n) is 4.12. The van der Waals surface area contributed by atoms with Crippen molar-refractivity contribution in [2.45, 2.75) is 39.2 Å². The molecule has 24 heavy (non-hydrogen) atoms. The number of rotatable bonds is 5. The van der Waals surface area contributed by atoms with E-state index in [4.69, 9.17) is 20.9 Å². The normalized spacial score (nSPS) is 23.6. The zero-order valence-corrected chi connectivity index (χ0v) is 16.1. The minimum atomic E-state index is -2.48. The van der Waals surface area contributed by atoms with Gasteiger partial charge >= 0.3 is 6.64 Å². The topological polar surface area (TPSA) is 30.5 Å². The Morgan fingerprint density at radius 3 is 2.71 bits per heavy atom. The summed E-state index contributed by atoms with van der Waals surface area (Å²) >= 11 is 5.68. The summed E-state index contributed by atoms with van der Waals surface area (Å²) in [6, 6.07) is 16.8. The van der Waals surface area contributed by atoms with E-state index < -0.39 is 6.64 Å². The first-order chi connectivity index (χ1) is 11.5. The van der Waals surface area contributed by atoms with Crippen LogP contribution in [0.2, 0.25) is 0 Å². The highest BCUT2D eigenvalue weighted by atomic mass is 32.5. The van der Waals surface area contributed by atoms with Gasteiger partial charge < -0.3 is 9.05 Å². The summed E-state index contributed by atoms with van der Waals surface area (Å²) in [5.41, 5.74) is 3.68. The molecule has 5 heteroatoms. The molecule has 0 saturated carbocycles. The van der Waals surface area contributed by atoms with Gasteiger partial charge in [-0.3, -0.25) is 0 Å². The first-order valence-electron chi connectivity index (χ1n) is 8.31. The number of nitrogens with one attached hydrogen (secondary N) is 1. The first-order valence-corrected chi connectivity index (χ1v) is 11.0. The lowest BCUT2D eigenvalue weighted by Crippen LogP contribution is -2.25. The molecule has 0 radical (unpaired) electrons. The summed E-state index contributed by atoms with van der Waals surface area (Å²) in [6.07, 6.45) is 0.896. The van der Waals surface area contributed by atoms with Crippen molar-refractivity contribution in [3.63, 3.8) is 0 Å². The highest BCUT2D eigenvalue weighted by molar-refractivity contribution is 8.09. The van der Waals surface area contributed by atoms with Crippen molar-refractivity contribution >= 4 is 18.4 Å². The van der Waals surface area contributed by atoms with Gasteiger partial charge in [-0.15, -0.1) is 0 Å². The molecule has 0 amide bonds. The maximum Gasteiger partial charge on any atom is 0.313 e. The molecule has 0 aromatic heterocycles. The van der Waals surface area contributed by atoms with Crippen LogP contribution in [0, 0.1) is 6.92 Å². The van der Waals surface area contributed by atoms with Crippen molar-refractivity contribution in [2.75, 3.05) is 6.61 Å². The second-order valence-corrected chi connectivity index (χ2v) is 9.73. The van der Waals surface area contributed by atoms with Gasteiger partial charge in [0.25, 0.3) is 0 Å². The monoisotopic (exact) mass is 361 g/mol. The number of benzene rings is 2. The van der Waals surface area contributed by atoms with Crippen molar-refractivity contribution in [3.8, 4) is 5.75 Å². The highest BCUT2D eigenvalue weighted by Crippen LogP contribution is 2.50. The minimum absolute atomic E-state index is 0.200. The quantitative estimate of drug-likeness (QED) is 0.763. The Kier molecular flexibility index (Phi) is 5.41. The minimum Gasteiger partial charge on any atom is -0.432 e. The lowest BCUT2D eigenvalue weighted by Gasteiger charge is -2.21. The van der Waals surface area contributed by atoms with Crippen LogP contribution < -0.4 is 9.61 Å². The van der Waals surface area contributed by atoms with Gasteiger partial charge in [0, 0.05) is 6.04 Å². The van der Waals surface area contributed by atoms with Gasteiger partial charge in [0.05, 0.1) is 6.61 Å². The third kappa shape index (κ3) is 4.25. The van der Waals surface area contributed by atoms with Crippen LogP contribution in [-0.4, -0.2) is 12.6 Å². The van der Waals surface area contributed by atoms with Gasteiger partial charge in [-0.1, -0.05) is 61.9 Å². The van der Waals surface area contributed by atoms with Crippen LogP contribution in [0.15, 0.2) is 48.5 Å². The molecular weight excluding hydrogens is 337 g/mol. The molecule has 1 aliphatic rings. The van der Waals surface area contributed by atoms with Crippen LogP contribution in [0.4, 0.5) is 0 Å². The number of hydrogen-bond donors (Lipinski definition) is 1. The molecule has 1 aliphatic heterocycles. The average molecular weight is 361 g/mol. The van der Waals surface area contributed by atoms with E-state index in [1.54, 1.807) is 0 Å². The Labute approximate surface area is 149 Å². The standard InChI is InChI=1S/C19H24NO2PS/c1-14(2)18-11-15(3)9-10-19(18)22-23(24)20-17(13-21-23)12-16-7-5-4-6-8-16/h4-11,14,17H,12-13H2,1-3H3,(H,20,24)/t17-,23?/m0/s1. The fourth-order valence-electron chi connectivity index (χ4n) is 2.87. The van der Waals surface area contributed by atoms with Gasteiger partial charge in [0.2, 0.25) is 0 Å². The first kappa shape index (κ1) is 17.6. The zero-order valence-electron chi connectivity index (χ0n) is 14.4. The van der Waals surface area contributed by atoms with E-state index in [1.165, 1.54) is 16.7 Å². The molecule has 0 spiro atoms. The summed E-state index contributed by atoms with van der Waals surface area (Å²) < 4.78 is 12.1. The molecule has 2 atom stereocenters. The van der Waals surface area contributed by atoms with E-state index >= 15 is 0 Å². The van der Waals surface area contributed by atoms with Gasteiger partial charge in [-0.25, -0.2) is 5.09 Å². The Morgan fingerprint density at radius 2 is 2.00 bits per heavy atom. The summed E-state index contributed by atoms with van der Waals surface area (Å²) in [6.45, 7) is 4.53. The number of aryl methyl sites for hydroxylation is 1. The van der Waals surface area contributed by atoms with Crippen molar-refractivity contribution < 1.29 is 9.05 Å². The van der Waals surface area contributed by atoms with Crippen LogP contribution in [0.25, 0.3) is 0 Å². The molecule has 1 unspecified atom stereocenters. The Morgan fingerprint density at radius 1 is 1.25 bits per heavy atom. The van der Waals surface area contributed by atoms with E-state index in [9.17, 15) is 0 Å². The fraction of sp³-hybridized carbons (Fsp3) is 0.368. The Bertz CT molecular complexity index is 748. The molecule has 0 bridgehead atoms. The Balaban J connectivity index is 1.71. The Hall–Kier alpha value is -1.19. The molecule has 2 aromatic carbocycles. The molecule has 3 nitrogen and oxygen atoms in total. The fourth-order valence-corrected chi connectivity index (χ4v) is 5.34. The van der Waals surface area contributed by atoms with E-state index in [1.807, 2.05) is 12.1 Å². The predicted molar refractivity (Wildman–Crippen MR) is 103 cm³/mol. The largest absolute Gasteiger partial charge is 0.432 e. The highest BCUT2D eigenvalue weighted by Gasteiger charge is 2.33. The summed E-state index contributed by atoms with van der Waals surface area (Å²) in [7, 11) is 0. The van der Waals surface area contributed by atoms with E-state index in [2.05, 4.69) is 62.3 Å². The van der Waals surface area contributed by atoms with Crippen molar-refractivity contribution in [1.82, 2.24) is 5.09 Å². The van der Waals surface area contributed by atoms with E-state index in [0.717, 1.165) is 12.2 Å². The second-order valence-electron chi connectivity index (χ2n) is 6.60. The van der Waals surface area contributed by atoms with Gasteiger partial charge in [-0.2, -0.15) is 0 Å². The molecule has 3 rings (SSSR count). The van der Waals surface area contributed by atoms with Crippen LogP contribution in [0.3, 0.4) is 0 Å². The molecule has 1 heterocycles. The lowest BCUT2D eigenvalue weighted by atomic mass is 10.0. The van der Waals surface area contributed by atoms with Gasteiger partial charge in [-0.05, 0) is 48.3 Å². The zero-order chi connectivity index (χ0) is 17.2. The van der Waals surface area contributed by atoms with Crippen LogP contribution in [0.5, 0.6) is 5.75 Å². The smallest absolute Gasteiger partial charge is 0.313 e. The van der Waals surface area contributed by atoms with Crippen LogP contribution in [0.1, 0.15) is 36.5 Å². The molecule has 128 valence electrons. The molecule has 1 fully saturated rings. The molecule has 0 aliphatic carbocycles. The van der Waals surface area contributed by atoms with Crippen molar-refractivity contribution in [3.05, 3.63) is 65.2 Å². The number of hydrogen-bond acceptors (Lipinski definition) is 3. The summed E-state index contributed by atoms with van der Waals surface area (Å²) in [4.78, 5) is 0. The second kappa shape index (κ2) is 7.37. The van der Waals surface area contributed by atoms with E-state index in [-0.39, 0.29) is 6.04 Å². The van der Waals surface area contributed by atoms with Gasteiger partial charge in [0.15, 0.2) is 0 Å². The van der Waals surface area contributed by atoms with Crippen molar-refractivity contribution in [1.29, 1.82) is 0 Å². The van der Waals surface area contributed by atoms with Crippen LogP contribution >= 0.6 is 6.64 Å². The SMILES string of the molecule is Cc1ccc(OP2(=S)N[C@@H](Cc3ccccc3)CO2)c(C(C)C)c1. The molecule has 1 saturated heterocycles. The van der Waals surface area contributed by atoms with Crippen molar-refractivity contribution in [2.24, 2.45) is 0 Å². The maximum absolute atomic E-state index is 6.17. The summed E-state index contributed by atoms with van der Waals surface area (Å²) in [5.74, 6) is 1.22. The van der Waals surface area contributed by atoms with E-state index in [0.29, 0.717) is 12.5 Å². The third-order valence-corrected chi connectivity index (χ3v) is 6.58. The predicted octanol–water partition coefficient (Wildman–Crippen LogP) is 4.95. The summed E-state index contributed by atoms with van der Waals surface area (Å²) in [5, 5.41) is 3.43. The van der Waals surface area contributed by atoms with Crippen LogP contribution in [-0.2, 0) is 22.8 Å². The molecule has 2 aromatic rings. The average Bonchev–Trinajstić information content (AvgIpc) is 2.91.